The van der Waals surface area contributed by atoms with Gasteiger partial charge in [0.1, 0.15) is 11.6 Å². The highest BCUT2D eigenvalue weighted by atomic mass is 19.3. The zero-order valence-corrected chi connectivity index (χ0v) is 32.6. The van der Waals surface area contributed by atoms with E-state index in [9.17, 15) is 28.0 Å². The van der Waals surface area contributed by atoms with Gasteiger partial charge in [-0.25, -0.2) is 23.1 Å². The zero-order valence-electron chi connectivity index (χ0n) is 32.6. The number of alkyl halides is 2. The molecule has 1 atom stereocenters. The van der Waals surface area contributed by atoms with Crippen molar-refractivity contribution in [1.29, 1.82) is 0 Å². The van der Waals surface area contributed by atoms with Gasteiger partial charge in [-0.2, -0.15) is 10.2 Å². The topological polar surface area (TPSA) is 160 Å². The van der Waals surface area contributed by atoms with Crippen LogP contribution in [0.1, 0.15) is 85.9 Å². The van der Waals surface area contributed by atoms with E-state index >= 15 is 0 Å². The Morgan fingerprint density at radius 3 is 2.46 bits per heavy atom. The van der Waals surface area contributed by atoms with E-state index in [-0.39, 0.29) is 35.3 Å². The van der Waals surface area contributed by atoms with Crippen LogP contribution in [0.25, 0.3) is 16.7 Å². The lowest BCUT2D eigenvalue weighted by Gasteiger charge is -2.40. The van der Waals surface area contributed by atoms with Gasteiger partial charge in [0.05, 0.1) is 52.7 Å². The minimum Gasteiger partial charge on any atom is -0.375 e. The van der Waals surface area contributed by atoms with Crippen molar-refractivity contribution in [2.45, 2.75) is 75.9 Å². The molecule has 8 rings (SSSR count). The van der Waals surface area contributed by atoms with Crippen LogP contribution in [0.2, 0.25) is 0 Å². The summed E-state index contributed by atoms with van der Waals surface area (Å²) in [5, 5.41) is 13.5. The number of nitrogens with zero attached hydrogens (tertiary/aromatic N) is 10. The molecule has 1 saturated carbocycles. The van der Waals surface area contributed by atoms with Crippen molar-refractivity contribution in [3.8, 4) is 0 Å². The number of benzene rings is 1. The Morgan fingerprint density at radius 1 is 1.00 bits per heavy atom. The second-order valence-corrected chi connectivity index (χ2v) is 15.9. The van der Waals surface area contributed by atoms with Crippen molar-refractivity contribution in [1.82, 2.24) is 43.7 Å². The van der Waals surface area contributed by atoms with Gasteiger partial charge in [0.25, 0.3) is 12.3 Å². The van der Waals surface area contributed by atoms with Crippen molar-refractivity contribution in [2.75, 3.05) is 55.9 Å². The van der Waals surface area contributed by atoms with E-state index in [1.54, 1.807) is 28.7 Å². The summed E-state index contributed by atoms with van der Waals surface area (Å²) >= 11 is 0. The second kappa shape index (κ2) is 15.4. The first kappa shape index (κ1) is 38.2. The summed E-state index contributed by atoms with van der Waals surface area (Å²) in [6.45, 7) is 2.56. The highest BCUT2D eigenvalue weighted by molar-refractivity contribution is 6.08. The van der Waals surface area contributed by atoms with E-state index in [1.807, 2.05) is 37.2 Å². The Labute approximate surface area is 327 Å². The van der Waals surface area contributed by atoms with Crippen molar-refractivity contribution in [2.24, 2.45) is 13.0 Å². The molecule has 1 unspecified atom stereocenters. The number of aromatic nitrogens is 7. The number of piperidine rings is 2. The second-order valence-electron chi connectivity index (χ2n) is 15.9. The molecule has 5 aromatic rings. The molecule has 0 spiro atoms. The Bertz CT molecular complexity index is 2380. The number of imide groups is 1. The molecule has 2 aliphatic heterocycles. The number of carbonyl (C=O) groups excluding carboxylic acids is 3. The van der Waals surface area contributed by atoms with Crippen LogP contribution in [0.5, 0.6) is 0 Å². The van der Waals surface area contributed by atoms with Gasteiger partial charge in [0.2, 0.25) is 11.8 Å². The molecule has 3 amide bonds. The van der Waals surface area contributed by atoms with Crippen LogP contribution in [-0.4, -0.2) is 103 Å². The number of aryl methyl sites for hydroxylation is 1. The van der Waals surface area contributed by atoms with Gasteiger partial charge in [-0.1, -0.05) is 6.07 Å². The molecule has 0 bridgehead atoms. The maximum atomic E-state index is 14.2. The van der Waals surface area contributed by atoms with E-state index in [2.05, 4.69) is 42.7 Å². The number of amides is 3. The van der Waals surface area contributed by atoms with Crippen LogP contribution in [-0.2, 0) is 16.6 Å². The van der Waals surface area contributed by atoms with Crippen LogP contribution in [0.15, 0.2) is 47.8 Å². The van der Waals surface area contributed by atoms with Crippen LogP contribution < -0.4 is 26.1 Å². The van der Waals surface area contributed by atoms with Crippen molar-refractivity contribution >= 4 is 51.5 Å². The highest BCUT2D eigenvalue weighted by Gasteiger charge is 2.34. The van der Waals surface area contributed by atoms with Gasteiger partial charge in [-0.3, -0.25) is 33.5 Å². The van der Waals surface area contributed by atoms with Crippen molar-refractivity contribution in [3.63, 3.8) is 0 Å². The molecular weight excluding hydrogens is 739 g/mol. The van der Waals surface area contributed by atoms with Gasteiger partial charge < -0.3 is 20.0 Å². The fourth-order valence-electron chi connectivity index (χ4n) is 8.89. The van der Waals surface area contributed by atoms with E-state index in [4.69, 9.17) is 0 Å². The van der Waals surface area contributed by atoms with Gasteiger partial charge in [0.15, 0.2) is 11.3 Å². The Morgan fingerprint density at radius 2 is 1.75 bits per heavy atom. The predicted molar refractivity (Wildman–Crippen MR) is 210 cm³/mol. The molecule has 3 aliphatic rings. The highest BCUT2D eigenvalue weighted by Crippen LogP contribution is 2.37. The number of nitrogens with one attached hydrogen (secondary N) is 2. The van der Waals surface area contributed by atoms with E-state index in [1.165, 1.54) is 21.5 Å². The molecule has 2 N–H and O–H groups in total. The maximum Gasteiger partial charge on any atom is 0.329 e. The number of anilines is 3. The summed E-state index contributed by atoms with van der Waals surface area (Å²) in [6, 6.07) is 5.42. The number of para-hydroxylation sites is 1. The quantitative estimate of drug-likeness (QED) is 0.197. The summed E-state index contributed by atoms with van der Waals surface area (Å²) in [4.78, 5) is 62.2. The number of imidazole rings is 1. The van der Waals surface area contributed by atoms with Gasteiger partial charge in [-0.05, 0) is 70.0 Å². The number of halogens is 2. The van der Waals surface area contributed by atoms with Crippen LogP contribution in [0.3, 0.4) is 0 Å². The van der Waals surface area contributed by atoms with Crippen LogP contribution in [0.4, 0.5) is 25.8 Å². The number of carbonyl (C=O) groups is 3. The lowest BCUT2D eigenvalue weighted by atomic mass is 9.85. The normalized spacial score (nSPS) is 20.9. The predicted octanol–water partition coefficient (Wildman–Crippen LogP) is 4.14. The molecule has 6 heterocycles. The van der Waals surface area contributed by atoms with Gasteiger partial charge in [0, 0.05) is 59.4 Å². The van der Waals surface area contributed by atoms with Crippen LogP contribution in [0, 0.1) is 5.92 Å². The first-order valence-corrected chi connectivity index (χ1v) is 19.6. The first-order valence-electron chi connectivity index (χ1n) is 19.6. The monoisotopic (exact) mass is 786 g/mol. The number of hydrogen-bond acceptors (Lipinski definition) is 10. The molecule has 2 saturated heterocycles. The average molecular weight is 787 g/mol. The van der Waals surface area contributed by atoms with E-state index < -0.39 is 30.0 Å². The summed E-state index contributed by atoms with van der Waals surface area (Å²) in [6.07, 6.45) is 9.23. The molecule has 0 radical (unpaired) electrons. The summed E-state index contributed by atoms with van der Waals surface area (Å²) in [5.74, 6) is -0.887. The lowest BCUT2D eigenvalue weighted by molar-refractivity contribution is -0.135. The number of rotatable bonds is 10. The molecule has 16 nitrogen and oxygen atoms in total. The standard InChI is InChI=1S/C39H48F2N12O4/c1-47(2)26-18-42-36-27(19-43-52(36)21-26)37(55)44-28-22-51(46-33(28)35(40)41)25-10-8-23(9-11-25)20-48(3)24-14-16-50(17-15-24)29-6-5-7-30-34(29)49(4)39(57)53(30)31-12-13-32(54)45-38(31)56/h5-7,18-19,21-25,31,35H,8-17,20H2,1-4H3,(H,44,55)(H,45,54,56)/t23-,25-,31?. The smallest absolute Gasteiger partial charge is 0.329 e. The van der Waals surface area contributed by atoms with Crippen molar-refractivity contribution < 1.29 is 23.2 Å². The SMILES string of the molecule is CN(C)c1cnc2c(C(=O)Nc3cn([C@H]4CC[C@H](CN(C)C5CCN(c6cccc7c6n(C)c(=O)n7C6CCC(=O)NC6=O)CC5)CC4)nc3C(F)F)cnn2c1. The number of hydrogen-bond donors (Lipinski definition) is 2. The van der Waals surface area contributed by atoms with Gasteiger partial charge in [-0.15, -0.1) is 0 Å². The molecule has 1 aliphatic carbocycles. The molecule has 1 aromatic carbocycles. The molecule has 3 fully saturated rings. The molecule has 302 valence electrons. The number of fused-ring (bicyclic) bond motifs is 2. The maximum absolute atomic E-state index is 14.2. The largest absolute Gasteiger partial charge is 0.375 e. The minimum atomic E-state index is -2.86. The Balaban J connectivity index is 0.865. The fraction of sp³-hybridized carbons (Fsp3) is 0.513. The minimum absolute atomic E-state index is 0.0159. The summed E-state index contributed by atoms with van der Waals surface area (Å²) in [7, 11) is 7.64. The lowest BCUT2D eigenvalue weighted by Crippen LogP contribution is -2.45. The molecular formula is C39H48F2N12O4. The Kier molecular flexibility index (Phi) is 10.3. The average Bonchev–Trinajstić information content (AvgIpc) is 3.89. The Hall–Kier alpha value is -5.65. The third-order valence-electron chi connectivity index (χ3n) is 12.1. The van der Waals surface area contributed by atoms with E-state index in [0.29, 0.717) is 29.5 Å². The molecule has 18 heteroatoms. The third kappa shape index (κ3) is 7.26. The van der Waals surface area contributed by atoms with E-state index in [0.717, 1.165) is 75.1 Å². The molecule has 57 heavy (non-hydrogen) atoms. The third-order valence-corrected chi connectivity index (χ3v) is 12.1. The van der Waals surface area contributed by atoms with Gasteiger partial charge >= 0.3 is 5.69 Å². The summed E-state index contributed by atoms with van der Waals surface area (Å²) < 4.78 is 34.6. The fourth-order valence-corrected chi connectivity index (χ4v) is 8.89. The molecule has 4 aromatic heterocycles. The first-order chi connectivity index (χ1) is 27.4. The zero-order chi connectivity index (χ0) is 40.1. The summed E-state index contributed by atoms with van der Waals surface area (Å²) in [5.41, 5.74) is 2.97. The van der Waals surface area contributed by atoms with Crippen molar-refractivity contribution in [3.05, 3.63) is 64.7 Å². The van der Waals surface area contributed by atoms with Crippen LogP contribution >= 0.6 is 0 Å².